The minimum Gasteiger partial charge on any atom is -0.294 e. The van der Waals surface area contributed by atoms with Crippen molar-refractivity contribution in [3.8, 4) is 0 Å². The first-order valence-electron chi connectivity index (χ1n) is 6.05. The second kappa shape index (κ2) is 7.29. The molecule has 0 atom stereocenters. The van der Waals surface area contributed by atoms with Gasteiger partial charge in [0.1, 0.15) is 0 Å². The van der Waals surface area contributed by atoms with Crippen LogP contribution in [-0.2, 0) is 0 Å². The van der Waals surface area contributed by atoms with E-state index in [2.05, 4.69) is 6.58 Å². The van der Waals surface area contributed by atoms with Crippen LogP contribution >= 0.6 is 11.6 Å². The number of hydrogen-bond donors (Lipinski definition) is 0. The van der Waals surface area contributed by atoms with Crippen LogP contribution in [-0.4, -0.2) is 5.78 Å². The molecule has 0 bridgehead atoms. The Balaban J connectivity index is 2.44. The molecule has 0 saturated heterocycles. The van der Waals surface area contributed by atoms with Crippen molar-refractivity contribution in [2.24, 2.45) is 0 Å². The third-order valence-corrected chi connectivity index (χ3v) is 2.89. The molecule has 1 rings (SSSR count). The number of Topliss-reactive ketones (excluding diaryl/α,β-unsaturated/α-hetero) is 1. The molecule has 0 aliphatic rings. The summed E-state index contributed by atoms with van der Waals surface area (Å²) in [5, 5.41) is 0.639. The standard InChI is InChI=1S/C15H19ClO/c1-3-4-5-6-7-8-15(17)13-9-12(2)10-14(16)11-13/h3,9-11H,1,4-8H2,2H3. The molecule has 2 heteroatoms. The lowest BCUT2D eigenvalue weighted by molar-refractivity contribution is 0.0979. The van der Waals surface area contributed by atoms with Crippen molar-refractivity contribution < 1.29 is 4.79 Å². The summed E-state index contributed by atoms with van der Waals surface area (Å²) < 4.78 is 0. The number of allylic oxidation sites excluding steroid dienone is 1. The van der Waals surface area contributed by atoms with Crippen LogP contribution < -0.4 is 0 Å². The molecule has 92 valence electrons. The summed E-state index contributed by atoms with van der Waals surface area (Å²) in [6.45, 7) is 5.63. The van der Waals surface area contributed by atoms with E-state index >= 15 is 0 Å². The van der Waals surface area contributed by atoms with Crippen molar-refractivity contribution in [3.63, 3.8) is 0 Å². The van der Waals surface area contributed by atoms with E-state index in [1.54, 1.807) is 6.07 Å². The Morgan fingerprint density at radius 2 is 2.06 bits per heavy atom. The van der Waals surface area contributed by atoms with E-state index in [9.17, 15) is 4.79 Å². The first kappa shape index (κ1) is 14.0. The van der Waals surface area contributed by atoms with Crippen molar-refractivity contribution >= 4 is 17.4 Å². The highest BCUT2D eigenvalue weighted by Gasteiger charge is 2.06. The first-order valence-corrected chi connectivity index (χ1v) is 6.42. The average Bonchev–Trinajstić information content (AvgIpc) is 2.27. The highest BCUT2D eigenvalue weighted by atomic mass is 35.5. The predicted octanol–water partition coefficient (Wildman–Crippen LogP) is 4.97. The normalized spacial score (nSPS) is 10.2. The molecular formula is C15H19ClO. The van der Waals surface area contributed by atoms with Gasteiger partial charge >= 0.3 is 0 Å². The first-order chi connectivity index (χ1) is 8.13. The topological polar surface area (TPSA) is 17.1 Å². The molecule has 1 nitrogen and oxygen atoms in total. The van der Waals surface area contributed by atoms with Crippen LogP contribution in [0, 0.1) is 6.92 Å². The number of unbranched alkanes of at least 4 members (excludes halogenated alkanes) is 3. The van der Waals surface area contributed by atoms with Gasteiger partial charge < -0.3 is 0 Å². The number of hydrogen-bond acceptors (Lipinski definition) is 1. The zero-order chi connectivity index (χ0) is 12.7. The molecular weight excluding hydrogens is 232 g/mol. The Bertz CT molecular complexity index is 376. The SMILES string of the molecule is C=CCCCCCC(=O)c1cc(C)cc(Cl)c1. The Morgan fingerprint density at radius 3 is 2.71 bits per heavy atom. The maximum absolute atomic E-state index is 11.9. The van der Waals surface area contributed by atoms with Gasteiger partial charge in [0.05, 0.1) is 0 Å². The quantitative estimate of drug-likeness (QED) is 0.379. The lowest BCUT2D eigenvalue weighted by Crippen LogP contribution is -1.99. The van der Waals surface area contributed by atoms with E-state index in [1.807, 2.05) is 25.1 Å². The Kier molecular flexibility index (Phi) is 5.99. The van der Waals surface area contributed by atoms with Gasteiger partial charge in [-0.25, -0.2) is 0 Å². The van der Waals surface area contributed by atoms with Gasteiger partial charge in [0.2, 0.25) is 0 Å². The number of aryl methyl sites for hydroxylation is 1. The number of rotatable bonds is 7. The lowest BCUT2D eigenvalue weighted by atomic mass is 10.0. The predicted molar refractivity (Wildman–Crippen MR) is 73.8 cm³/mol. The minimum absolute atomic E-state index is 0.189. The summed E-state index contributed by atoms with van der Waals surface area (Å²) in [6, 6.07) is 5.51. The molecule has 0 amide bonds. The van der Waals surface area contributed by atoms with Gasteiger partial charge in [-0.2, -0.15) is 0 Å². The molecule has 0 aromatic heterocycles. The van der Waals surface area contributed by atoms with Crippen LogP contribution in [0.15, 0.2) is 30.9 Å². The summed E-state index contributed by atoms with van der Waals surface area (Å²) in [5.74, 6) is 0.189. The van der Waals surface area contributed by atoms with E-state index < -0.39 is 0 Å². The summed E-state index contributed by atoms with van der Waals surface area (Å²) in [5.41, 5.74) is 1.77. The van der Waals surface area contributed by atoms with Crippen LogP contribution in [0.3, 0.4) is 0 Å². The van der Waals surface area contributed by atoms with Crippen molar-refractivity contribution in [2.75, 3.05) is 0 Å². The second-order valence-corrected chi connectivity index (χ2v) is 4.76. The Labute approximate surface area is 108 Å². The fourth-order valence-electron chi connectivity index (χ4n) is 1.79. The van der Waals surface area contributed by atoms with E-state index in [0.717, 1.165) is 36.8 Å². The molecule has 17 heavy (non-hydrogen) atoms. The molecule has 0 aliphatic heterocycles. The Hall–Kier alpha value is -1.08. The second-order valence-electron chi connectivity index (χ2n) is 4.33. The number of ketones is 1. The van der Waals surface area contributed by atoms with Crippen molar-refractivity contribution in [1.29, 1.82) is 0 Å². The van der Waals surface area contributed by atoms with Crippen LogP contribution in [0.25, 0.3) is 0 Å². The monoisotopic (exact) mass is 250 g/mol. The highest BCUT2D eigenvalue weighted by Crippen LogP contribution is 2.17. The number of halogens is 1. The van der Waals surface area contributed by atoms with Crippen molar-refractivity contribution in [1.82, 2.24) is 0 Å². The molecule has 0 aliphatic carbocycles. The summed E-state index contributed by atoms with van der Waals surface area (Å²) in [4.78, 5) is 11.9. The molecule has 0 fully saturated rings. The zero-order valence-corrected chi connectivity index (χ0v) is 11.1. The van der Waals surface area contributed by atoms with Gasteiger partial charge in [0.25, 0.3) is 0 Å². The maximum Gasteiger partial charge on any atom is 0.162 e. The number of carbonyl (C=O) groups is 1. The summed E-state index contributed by atoms with van der Waals surface area (Å²) in [6.07, 6.45) is 6.70. The van der Waals surface area contributed by atoms with E-state index in [-0.39, 0.29) is 5.78 Å². The molecule has 0 heterocycles. The zero-order valence-electron chi connectivity index (χ0n) is 10.3. The largest absolute Gasteiger partial charge is 0.294 e. The summed E-state index contributed by atoms with van der Waals surface area (Å²) in [7, 11) is 0. The molecule has 1 aromatic rings. The summed E-state index contributed by atoms with van der Waals surface area (Å²) >= 11 is 5.93. The Morgan fingerprint density at radius 1 is 1.29 bits per heavy atom. The molecule has 1 aromatic carbocycles. The fraction of sp³-hybridized carbons (Fsp3) is 0.400. The molecule has 0 radical (unpaired) electrons. The fourth-order valence-corrected chi connectivity index (χ4v) is 2.08. The number of carbonyl (C=O) groups excluding carboxylic acids is 1. The van der Waals surface area contributed by atoms with Gasteiger partial charge in [-0.3, -0.25) is 4.79 Å². The van der Waals surface area contributed by atoms with Crippen LogP contribution in [0.5, 0.6) is 0 Å². The van der Waals surface area contributed by atoms with Crippen molar-refractivity contribution in [3.05, 3.63) is 47.0 Å². The van der Waals surface area contributed by atoms with Gasteiger partial charge in [0.15, 0.2) is 5.78 Å². The van der Waals surface area contributed by atoms with Gasteiger partial charge in [0, 0.05) is 17.0 Å². The maximum atomic E-state index is 11.9. The molecule has 0 spiro atoms. The molecule has 0 N–H and O–H groups in total. The van der Waals surface area contributed by atoms with Gasteiger partial charge in [-0.1, -0.05) is 24.1 Å². The van der Waals surface area contributed by atoms with Crippen LogP contribution in [0.2, 0.25) is 5.02 Å². The molecule has 0 saturated carbocycles. The van der Waals surface area contributed by atoms with E-state index in [4.69, 9.17) is 11.6 Å². The van der Waals surface area contributed by atoms with E-state index in [1.165, 1.54) is 0 Å². The van der Waals surface area contributed by atoms with E-state index in [0.29, 0.717) is 11.4 Å². The lowest BCUT2D eigenvalue weighted by Gasteiger charge is -2.03. The van der Waals surface area contributed by atoms with Crippen molar-refractivity contribution in [2.45, 2.75) is 39.0 Å². The van der Waals surface area contributed by atoms with Crippen LogP contribution in [0.1, 0.15) is 48.0 Å². The molecule has 0 unspecified atom stereocenters. The third kappa shape index (κ3) is 5.18. The highest BCUT2D eigenvalue weighted by molar-refractivity contribution is 6.31. The minimum atomic E-state index is 0.189. The third-order valence-electron chi connectivity index (χ3n) is 2.68. The smallest absolute Gasteiger partial charge is 0.162 e. The van der Waals surface area contributed by atoms with Crippen LogP contribution in [0.4, 0.5) is 0 Å². The average molecular weight is 251 g/mol. The number of benzene rings is 1. The van der Waals surface area contributed by atoms with Gasteiger partial charge in [-0.15, -0.1) is 6.58 Å². The van der Waals surface area contributed by atoms with Gasteiger partial charge in [-0.05, 0) is 49.9 Å².